The van der Waals surface area contributed by atoms with Crippen molar-refractivity contribution in [3.05, 3.63) is 58.6 Å². The third-order valence-electron chi connectivity index (χ3n) is 3.28. The molecule has 2 aromatic carbocycles. The van der Waals surface area contributed by atoms with Crippen LogP contribution in [0.3, 0.4) is 0 Å². The molecule has 2 N–H and O–H groups in total. The minimum atomic E-state index is -4.52. The van der Waals surface area contributed by atoms with E-state index in [9.17, 15) is 13.2 Å². The van der Waals surface area contributed by atoms with Crippen molar-refractivity contribution in [2.24, 2.45) is 0 Å². The molecule has 0 aromatic heterocycles. The van der Waals surface area contributed by atoms with E-state index in [1.165, 1.54) is 12.1 Å². The van der Waals surface area contributed by atoms with E-state index in [0.29, 0.717) is 6.54 Å². The van der Waals surface area contributed by atoms with Crippen LogP contribution in [0.4, 0.5) is 18.9 Å². The number of rotatable bonds is 5. The molecule has 8 heteroatoms. The Kier molecular flexibility index (Phi) is 6.72. The number of hydrogen-bond donors (Lipinski definition) is 2. The van der Waals surface area contributed by atoms with Crippen molar-refractivity contribution in [2.45, 2.75) is 32.7 Å². The molecular weight excluding hydrogens is 385 g/mol. The topological polar surface area (TPSA) is 33.3 Å². The molecule has 0 saturated carbocycles. The molecule has 0 atom stereocenters. The van der Waals surface area contributed by atoms with Crippen LogP contribution in [0.15, 0.2) is 42.5 Å². The van der Waals surface area contributed by atoms with Gasteiger partial charge in [0.2, 0.25) is 0 Å². The van der Waals surface area contributed by atoms with E-state index in [4.69, 9.17) is 28.6 Å². The van der Waals surface area contributed by atoms with E-state index < -0.39 is 11.7 Å². The Bertz CT molecular complexity index is 764. The van der Waals surface area contributed by atoms with Crippen molar-refractivity contribution in [1.29, 1.82) is 0 Å². The molecule has 3 nitrogen and oxygen atoms in total. The fourth-order valence-electron chi connectivity index (χ4n) is 2.14. The summed E-state index contributed by atoms with van der Waals surface area (Å²) in [5, 5.41) is 5.53. The fourth-order valence-corrected chi connectivity index (χ4v) is 2.55. The second-order valence-corrected chi connectivity index (χ2v) is 6.63. The molecule has 0 heterocycles. The van der Waals surface area contributed by atoms with Gasteiger partial charge in [0, 0.05) is 12.2 Å². The van der Waals surface area contributed by atoms with Crippen LogP contribution in [0.1, 0.15) is 25.0 Å². The van der Waals surface area contributed by atoms with Gasteiger partial charge in [0.15, 0.2) is 5.11 Å². The summed E-state index contributed by atoms with van der Waals surface area (Å²) in [7, 11) is 0. The highest BCUT2D eigenvalue weighted by Gasteiger charge is 2.33. The Labute approximate surface area is 160 Å². The highest BCUT2D eigenvalue weighted by Crippen LogP contribution is 2.36. The lowest BCUT2D eigenvalue weighted by molar-refractivity contribution is -0.137. The maximum Gasteiger partial charge on any atom is 0.417 e. The standard InChI is InChI=1S/C18H18ClF3N2OS/c1-11(2)25-14-6-3-12(4-7-14)10-23-17(26)24-13-5-8-16(19)15(9-13)18(20,21)22/h3-9,11H,10H2,1-2H3,(H2,23,24,26). The zero-order valence-electron chi connectivity index (χ0n) is 14.2. The van der Waals surface area contributed by atoms with Gasteiger partial charge in [-0.15, -0.1) is 0 Å². The van der Waals surface area contributed by atoms with Crippen molar-refractivity contribution in [1.82, 2.24) is 5.32 Å². The summed E-state index contributed by atoms with van der Waals surface area (Å²) in [6.07, 6.45) is -4.43. The van der Waals surface area contributed by atoms with Gasteiger partial charge >= 0.3 is 6.18 Å². The van der Waals surface area contributed by atoms with Crippen LogP contribution >= 0.6 is 23.8 Å². The molecule has 0 saturated heterocycles. The minimum Gasteiger partial charge on any atom is -0.491 e. The zero-order valence-corrected chi connectivity index (χ0v) is 15.7. The Balaban J connectivity index is 1.93. The molecule has 2 aromatic rings. The van der Waals surface area contributed by atoms with Crippen molar-refractivity contribution in [2.75, 3.05) is 5.32 Å². The zero-order chi connectivity index (χ0) is 19.3. The Hall–Kier alpha value is -1.99. The third-order valence-corrected chi connectivity index (χ3v) is 3.85. The first kappa shape index (κ1) is 20.3. The maximum absolute atomic E-state index is 12.9. The minimum absolute atomic E-state index is 0.0942. The van der Waals surface area contributed by atoms with Crippen molar-refractivity contribution in [3.63, 3.8) is 0 Å². The van der Waals surface area contributed by atoms with E-state index >= 15 is 0 Å². The maximum atomic E-state index is 12.9. The van der Waals surface area contributed by atoms with Crippen LogP contribution < -0.4 is 15.4 Å². The Morgan fingerprint density at radius 1 is 1.15 bits per heavy atom. The van der Waals surface area contributed by atoms with Crippen LogP contribution in [0.2, 0.25) is 5.02 Å². The molecule has 0 aliphatic carbocycles. The normalized spacial score (nSPS) is 11.3. The average Bonchev–Trinajstić information content (AvgIpc) is 2.54. The van der Waals surface area contributed by atoms with Gasteiger partial charge < -0.3 is 15.4 Å². The predicted octanol–water partition coefficient (Wildman–Crippen LogP) is 5.63. The van der Waals surface area contributed by atoms with E-state index in [1.54, 1.807) is 0 Å². The molecule has 0 aliphatic heterocycles. The van der Waals surface area contributed by atoms with Crippen LogP contribution in [-0.2, 0) is 12.7 Å². The molecule has 0 spiro atoms. The van der Waals surface area contributed by atoms with Crippen molar-refractivity contribution >= 4 is 34.6 Å². The number of benzene rings is 2. The number of halogens is 4. The molecular formula is C18H18ClF3N2OS. The molecule has 2 rings (SSSR count). The second kappa shape index (κ2) is 8.60. The van der Waals surface area contributed by atoms with Gasteiger partial charge in [0.25, 0.3) is 0 Å². The van der Waals surface area contributed by atoms with Crippen LogP contribution in [0.5, 0.6) is 5.75 Å². The van der Waals surface area contributed by atoms with Gasteiger partial charge in [-0.2, -0.15) is 13.2 Å². The SMILES string of the molecule is CC(C)Oc1ccc(CNC(=S)Nc2ccc(Cl)c(C(F)(F)F)c2)cc1. The first-order valence-electron chi connectivity index (χ1n) is 7.82. The summed E-state index contributed by atoms with van der Waals surface area (Å²) < 4.78 is 44.2. The molecule has 26 heavy (non-hydrogen) atoms. The highest BCUT2D eigenvalue weighted by atomic mass is 35.5. The summed E-state index contributed by atoms with van der Waals surface area (Å²) in [5.41, 5.74) is 0.255. The van der Waals surface area contributed by atoms with E-state index in [2.05, 4.69) is 10.6 Å². The van der Waals surface area contributed by atoms with E-state index in [1.807, 2.05) is 38.1 Å². The van der Waals surface area contributed by atoms with Gasteiger partial charge in [-0.1, -0.05) is 23.7 Å². The lowest BCUT2D eigenvalue weighted by Crippen LogP contribution is -2.28. The quantitative estimate of drug-likeness (QED) is 0.635. The number of hydrogen-bond acceptors (Lipinski definition) is 2. The first-order valence-corrected chi connectivity index (χ1v) is 8.61. The van der Waals surface area contributed by atoms with E-state index in [-0.39, 0.29) is 21.9 Å². The number of thiocarbonyl (C=S) groups is 1. The third kappa shape index (κ3) is 6.07. The smallest absolute Gasteiger partial charge is 0.417 e. The van der Waals surface area contributed by atoms with Gasteiger partial charge in [-0.05, 0) is 62.0 Å². The fraction of sp³-hybridized carbons (Fsp3) is 0.278. The molecule has 0 unspecified atom stereocenters. The lowest BCUT2D eigenvalue weighted by Gasteiger charge is -2.14. The van der Waals surface area contributed by atoms with Gasteiger partial charge in [-0.3, -0.25) is 0 Å². The molecule has 0 aliphatic rings. The molecule has 0 bridgehead atoms. The first-order chi connectivity index (χ1) is 12.1. The van der Waals surface area contributed by atoms with Gasteiger partial charge in [0.05, 0.1) is 16.7 Å². The summed E-state index contributed by atoms with van der Waals surface area (Å²) in [4.78, 5) is 0. The summed E-state index contributed by atoms with van der Waals surface area (Å²) in [6, 6.07) is 11.0. The van der Waals surface area contributed by atoms with Crippen molar-refractivity contribution < 1.29 is 17.9 Å². The summed E-state index contributed by atoms with van der Waals surface area (Å²) in [6.45, 7) is 4.31. The number of nitrogens with one attached hydrogen (secondary N) is 2. The number of ether oxygens (including phenoxy) is 1. The molecule has 0 amide bonds. The van der Waals surface area contributed by atoms with Crippen LogP contribution in [0, 0.1) is 0 Å². The van der Waals surface area contributed by atoms with Crippen LogP contribution in [-0.4, -0.2) is 11.2 Å². The van der Waals surface area contributed by atoms with Crippen LogP contribution in [0.25, 0.3) is 0 Å². The van der Waals surface area contributed by atoms with Gasteiger partial charge in [0.1, 0.15) is 5.75 Å². The summed E-state index contributed by atoms with van der Waals surface area (Å²) >= 11 is 10.7. The van der Waals surface area contributed by atoms with Crippen molar-refractivity contribution in [3.8, 4) is 5.75 Å². The predicted molar refractivity (Wildman–Crippen MR) is 102 cm³/mol. The highest BCUT2D eigenvalue weighted by molar-refractivity contribution is 7.80. The second-order valence-electron chi connectivity index (χ2n) is 5.81. The lowest BCUT2D eigenvalue weighted by atomic mass is 10.2. The Morgan fingerprint density at radius 2 is 1.81 bits per heavy atom. The number of anilines is 1. The molecule has 0 fully saturated rings. The van der Waals surface area contributed by atoms with E-state index in [0.717, 1.165) is 17.4 Å². The monoisotopic (exact) mass is 402 g/mol. The molecule has 0 radical (unpaired) electrons. The Morgan fingerprint density at radius 3 is 2.38 bits per heavy atom. The molecule has 140 valence electrons. The average molecular weight is 403 g/mol. The van der Waals surface area contributed by atoms with Gasteiger partial charge in [-0.25, -0.2) is 0 Å². The largest absolute Gasteiger partial charge is 0.491 e. The number of alkyl halides is 3. The summed E-state index contributed by atoms with van der Waals surface area (Å²) in [5.74, 6) is 0.769.